The Morgan fingerprint density at radius 1 is 1.19 bits per heavy atom. The highest BCUT2D eigenvalue weighted by atomic mass is 16.7. The van der Waals surface area contributed by atoms with E-state index in [1.54, 1.807) is 0 Å². The standard InChI is InChI=1S/C12H24N2O2/c1-14(8-12-6-7-15-9-16-12)11-4-2-10(13)3-5-11/h10-12H,2-9,13H2,1H3. The highest BCUT2D eigenvalue weighted by molar-refractivity contribution is 4.81. The quantitative estimate of drug-likeness (QED) is 0.781. The lowest BCUT2D eigenvalue weighted by Crippen LogP contribution is -2.43. The van der Waals surface area contributed by atoms with Crippen LogP contribution in [0.1, 0.15) is 32.1 Å². The van der Waals surface area contributed by atoms with Crippen molar-refractivity contribution in [2.75, 3.05) is 27.0 Å². The third-order valence-corrected chi connectivity index (χ3v) is 3.83. The summed E-state index contributed by atoms with van der Waals surface area (Å²) in [6.07, 6.45) is 6.19. The van der Waals surface area contributed by atoms with Gasteiger partial charge in [-0.3, -0.25) is 0 Å². The second-order valence-corrected chi connectivity index (χ2v) is 5.11. The Hall–Kier alpha value is -0.160. The predicted octanol–water partition coefficient (Wildman–Crippen LogP) is 0.951. The zero-order valence-corrected chi connectivity index (χ0v) is 10.2. The minimum Gasteiger partial charge on any atom is -0.355 e. The molecule has 0 amide bonds. The molecule has 2 N–H and O–H groups in total. The Kier molecular flexibility index (Phi) is 4.58. The second-order valence-electron chi connectivity index (χ2n) is 5.11. The molecule has 2 fully saturated rings. The molecule has 4 nitrogen and oxygen atoms in total. The van der Waals surface area contributed by atoms with Crippen molar-refractivity contribution in [3.05, 3.63) is 0 Å². The Bertz CT molecular complexity index is 199. The van der Waals surface area contributed by atoms with Crippen LogP contribution in [0.2, 0.25) is 0 Å². The van der Waals surface area contributed by atoms with E-state index >= 15 is 0 Å². The number of rotatable bonds is 3. The summed E-state index contributed by atoms with van der Waals surface area (Å²) in [7, 11) is 2.21. The zero-order valence-electron chi connectivity index (χ0n) is 10.2. The molecular formula is C12H24N2O2. The van der Waals surface area contributed by atoms with E-state index in [0.717, 1.165) is 19.6 Å². The first-order chi connectivity index (χ1) is 7.75. The van der Waals surface area contributed by atoms with Gasteiger partial charge in [-0.05, 0) is 39.2 Å². The lowest BCUT2D eigenvalue weighted by atomic mass is 9.91. The topological polar surface area (TPSA) is 47.7 Å². The van der Waals surface area contributed by atoms with E-state index in [-0.39, 0.29) is 0 Å². The van der Waals surface area contributed by atoms with E-state index in [4.69, 9.17) is 15.2 Å². The molecule has 0 radical (unpaired) electrons. The van der Waals surface area contributed by atoms with Crippen LogP contribution in [-0.2, 0) is 9.47 Å². The smallest absolute Gasteiger partial charge is 0.147 e. The molecule has 1 saturated heterocycles. The minimum atomic E-state index is 0.356. The van der Waals surface area contributed by atoms with Crippen molar-refractivity contribution >= 4 is 0 Å². The monoisotopic (exact) mass is 228 g/mol. The van der Waals surface area contributed by atoms with Gasteiger partial charge in [0.15, 0.2) is 0 Å². The van der Waals surface area contributed by atoms with Crippen molar-refractivity contribution in [2.24, 2.45) is 5.73 Å². The van der Waals surface area contributed by atoms with Crippen LogP contribution in [0.25, 0.3) is 0 Å². The van der Waals surface area contributed by atoms with E-state index in [0.29, 0.717) is 25.0 Å². The molecule has 0 aromatic heterocycles. The molecule has 4 heteroatoms. The first-order valence-corrected chi connectivity index (χ1v) is 6.41. The first kappa shape index (κ1) is 12.3. The summed E-state index contributed by atoms with van der Waals surface area (Å²) in [5, 5.41) is 0. The van der Waals surface area contributed by atoms with Gasteiger partial charge < -0.3 is 20.1 Å². The lowest BCUT2D eigenvalue weighted by Gasteiger charge is -2.36. The predicted molar refractivity (Wildman–Crippen MR) is 63.2 cm³/mol. The number of nitrogens with zero attached hydrogens (tertiary/aromatic N) is 1. The van der Waals surface area contributed by atoms with Crippen molar-refractivity contribution in [1.82, 2.24) is 4.90 Å². The lowest BCUT2D eigenvalue weighted by molar-refractivity contribution is -0.145. The van der Waals surface area contributed by atoms with Crippen LogP contribution in [-0.4, -0.2) is 50.1 Å². The van der Waals surface area contributed by atoms with Gasteiger partial charge in [0.25, 0.3) is 0 Å². The van der Waals surface area contributed by atoms with E-state index in [9.17, 15) is 0 Å². The SMILES string of the molecule is CN(CC1CCOCO1)C1CCC(N)CC1. The van der Waals surface area contributed by atoms with Crippen LogP contribution >= 0.6 is 0 Å². The van der Waals surface area contributed by atoms with E-state index in [1.807, 2.05) is 0 Å². The van der Waals surface area contributed by atoms with Crippen molar-refractivity contribution in [1.29, 1.82) is 0 Å². The van der Waals surface area contributed by atoms with Gasteiger partial charge in [-0.15, -0.1) is 0 Å². The highest BCUT2D eigenvalue weighted by Gasteiger charge is 2.24. The number of hydrogen-bond acceptors (Lipinski definition) is 4. The van der Waals surface area contributed by atoms with Gasteiger partial charge >= 0.3 is 0 Å². The van der Waals surface area contributed by atoms with Crippen LogP contribution in [0.15, 0.2) is 0 Å². The molecule has 1 saturated carbocycles. The fourth-order valence-corrected chi connectivity index (χ4v) is 2.66. The molecule has 0 aromatic rings. The second kappa shape index (κ2) is 5.96. The molecule has 1 unspecified atom stereocenters. The normalized spacial score (nSPS) is 36.6. The average molecular weight is 228 g/mol. The molecule has 0 aromatic carbocycles. The van der Waals surface area contributed by atoms with Crippen LogP contribution in [0.3, 0.4) is 0 Å². The van der Waals surface area contributed by atoms with Gasteiger partial charge in [-0.25, -0.2) is 0 Å². The highest BCUT2D eigenvalue weighted by Crippen LogP contribution is 2.22. The molecule has 16 heavy (non-hydrogen) atoms. The van der Waals surface area contributed by atoms with E-state index < -0.39 is 0 Å². The van der Waals surface area contributed by atoms with Crippen molar-refractivity contribution in [3.63, 3.8) is 0 Å². The molecule has 0 spiro atoms. The zero-order chi connectivity index (χ0) is 11.4. The Morgan fingerprint density at radius 2 is 1.94 bits per heavy atom. The van der Waals surface area contributed by atoms with Crippen molar-refractivity contribution < 1.29 is 9.47 Å². The largest absolute Gasteiger partial charge is 0.355 e. The van der Waals surface area contributed by atoms with E-state index in [2.05, 4.69) is 11.9 Å². The molecule has 2 rings (SSSR count). The summed E-state index contributed by atoms with van der Waals surface area (Å²) in [5.74, 6) is 0. The molecule has 1 heterocycles. The minimum absolute atomic E-state index is 0.356. The number of ether oxygens (including phenoxy) is 2. The number of nitrogens with two attached hydrogens (primary N) is 1. The average Bonchev–Trinajstić information content (AvgIpc) is 2.31. The maximum Gasteiger partial charge on any atom is 0.147 e. The Balaban J connectivity index is 1.72. The summed E-state index contributed by atoms with van der Waals surface area (Å²) >= 11 is 0. The summed E-state index contributed by atoms with van der Waals surface area (Å²) in [6.45, 7) is 2.34. The van der Waals surface area contributed by atoms with Crippen molar-refractivity contribution in [3.8, 4) is 0 Å². The maximum atomic E-state index is 5.92. The van der Waals surface area contributed by atoms with Gasteiger partial charge in [0, 0.05) is 18.6 Å². The molecular weight excluding hydrogens is 204 g/mol. The summed E-state index contributed by atoms with van der Waals surface area (Å²) in [6, 6.07) is 1.13. The fourth-order valence-electron chi connectivity index (χ4n) is 2.66. The van der Waals surface area contributed by atoms with Crippen molar-refractivity contribution in [2.45, 2.75) is 50.3 Å². The summed E-state index contributed by atoms with van der Waals surface area (Å²) in [4.78, 5) is 2.45. The van der Waals surface area contributed by atoms with Crippen LogP contribution in [0, 0.1) is 0 Å². The van der Waals surface area contributed by atoms with Gasteiger partial charge in [0.1, 0.15) is 6.79 Å². The molecule has 0 bridgehead atoms. The van der Waals surface area contributed by atoms with Crippen LogP contribution in [0.4, 0.5) is 0 Å². The summed E-state index contributed by atoms with van der Waals surface area (Å²) in [5.41, 5.74) is 5.92. The van der Waals surface area contributed by atoms with E-state index in [1.165, 1.54) is 25.7 Å². The molecule has 1 aliphatic heterocycles. The van der Waals surface area contributed by atoms with Gasteiger partial charge in [0.2, 0.25) is 0 Å². The van der Waals surface area contributed by atoms with Crippen LogP contribution in [0.5, 0.6) is 0 Å². The van der Waals surface area contributed by atoms with Crippen LogP contribution < -0.4 is 5.73 Å². The Morgan fingerprint density at radius 3 is 2.56 bits per heavy atom. The third-order valence-electron chi connectivity index (χ3n) is 3.83. The fraction of sp³-hybridized carbons (Fsp3) is 1.00. The summed E-state index contributed by atoms with van der Waals surface area (Å²) < 4.78 is 10.8. The Labute approximate surface area is 98.1 Å². The van der Waals surface area contributed by atoms with Gasteiger partial charge in [-0.2, -0.15) is 0 Å². The number of likely N-dealkylation sites (N-methyl/N-ethyl adjacent to an activating group) is 1. The third kappa shape index (κ3) is 3.42. The van der Waals surface area contributed by atoms with Gasteiger partial charge in [0.05, 0.1) is 12.7 Å². The molecule has 1 atom stereocenters. The maximum absolute atomic E-state index is 5.92. The molecule has 94 valence electrons. The van der Waals surface area contributed by atoms with Gasteiger partial charge in [-0.1, -0.05) is 0 Å². The number of hydrogen-bond donors (Lipinski definition) is 1. The first-order valence-electron chi connectivity index (χ1n) is 6.41. The molecule has 1 aliphatic carbocycles. The molecule has 2 aliphatic rings.